The zero-order valence-corrected chi connectivity index (χ0v) is 16.0. The molecule has 130 valence electrons. The molecule has 0 radical (unpaired) electrons. The highest BCUT2D eigenvalue weighted by Gasteiger charge is 2.74. The first-order chi connectivity index (χ1) is 11.1. The largest absolute Gasteiger partial charge is 0.423 e. The van der Waals surface area contributed by atoms with E-state index in [1.807, 2.05) is 19.9 Å². The van der Waals surface area contributed by atoms with Crippen molar-refractivity contribution in [2.45, 2.75) is 57.8 Å². The number of cyclic esters (lactones) is 1. The van der Waals surface area contributed by atoms with Gasteiger partial charge in [-0.15, -0.1) is 0 Å². The molecule has 3 rings (SSSR count). The van der Waals surface area contributed by atoms with Gasteiger partial charge in [0.15, 0.2) is 0 Å². The summed E-state index contributed by atoms with van der Waals surface area (Å²) < 4.78 is 11.3. The number of epoxide rings is 1. The Balaban J connectivity index is 1.85. The molecule has 0 aromatic heterocycles. The number of rotatable bonds is 3. The van der Waals surface area contributed by atoms with Crippen LogP contribution < -0.4 is 0 Å². The summed E-state index contributed by atoms with van der Waals surface area (Å²) in [5.41, 5.74) is 0.448. The molecule has 0 amide bonds. The minimum Gasteiger partial charge on any atom is -0.423 e. The molecule has 0 aromatic carbocycles. The fraction of sp³-hybridized carbons (Fsp3) is 0.526. The first-order valence-electron chi connectivity index (χ1n) is 8.12. The van der Waals surface area contributed by atoms with E-state index in [-0.39, 0.29) is 23.1 Å². The molecule has 5 heteroatoms. The first kappa shape index (κ1) is 17.6. The van der Waals surface area contributed by atoms with Crippen molar-refractivity contribution in [2.24, 2.45) is 5.41 Å². The molecule has 1 aliphatic carbocycles. The molecular formula is C19H23BrO4. The second kappa shape index (κ2) is 5.68. The number of halogens is 1. The Morgan fingerprint density at radius 3 is 2.71 bits per heavy atom. The second-order valence-corrected chi connectivity index (χ2v) is 8.19. The summed E-state index contributed by atoms with van der Waals surface area (Å²) >= 11 is 3.25. The maximum Gasteiger partial charge on any atom is 0.343 e. The average Bonchev–Trinajstić information content (AvgIpc) is 2.93. The van der Waals surface area contributed by atoms with Gasteiger partial charge in [-0.3, -0.25) is 0 Å². The Morgan fingerprint density at radius 2 is 2.08 bits per heavy atom. The van der Waals surface area contributed by atoms with E-state index in [9.17, 15) is 9.90 Å². The van der Waals surface area contributed by atoms with Crippen LogP contribution in [0.2, 0.25) is 0 Å². The Labute approximate surface area is 151 Å². The lowest BCUT2D eigenvalue weighted by molar-refractivity contribution is -0.132. The van der Waals surface area contributed by atoms with Crippen molar-refractivity contribution < 1.29 is 19.4 Å². The standard InChI is InChI=1S/C19H23BrO4/c1-12(11-20)7-15-8-13(16(22)23-15)5-6-19-17(2,3)9-14(21)10-18(19,4)24-19/h5-8,11,14,21H,9-10H2,1-4H3/b6-5+,12-11+,15-7-/t14-,18+,19-/m0/s1. The van der Waals surface area contributed by atoms with E-state index >= 15 is 0 Å². The van der Waals surface area contributed by atoms with Gasteiger partial charge in [-0.1, -0.05) is 29.8 Å². The number of aliphatic hydroxyl groups is 1. The smallest absolute Gasteiger partial charge is 0.343 e. The van der Waals surface area contributed by atoms with Gasteiger partial charge in [0.1, 0.15) is 17.0 Å². The molecule has 2 aliphatic heterocycles. The van der Waals surface area contributed by atoms with Crippen molar-refractivity contribution >= 4 is 21.9 Å². The van der Waals surface area contributed by atoms with Crippen LogP contribution in [0.3, 0.4) is 0 Å². The van der Waals surface area contributed by atoms with E-state index in [0.717, 1.165) is 5.57 Å². The van der Waals surface area contributed by atoms with Gasteiger partial charge in [-0.05, 0) is 55.1 Å². The summed E-state index contributed by atoms with van der Waals surface area (Å²) in [6.45, 7) is 8.14. The van der Waals surface area contributed by atoms with E-state index in [4.69, 9.17) is 9.47 Å². The minimum atomic E-state index is -0.446. The van der Waals surface area contributed by atoms with Gasteiger partial charge in [-0.2, -0.15) is 0 Å². The molecule has 1 N–H and O–H groups in total. The summed E-state index contributed by atoms with van der Waals surface area (Å²) in [6, 6.07) is 0. The van der Waals surface area contributed by atoms with E-state index in [1.165, 1.54) is 0 Å². The molecule has 3 aliphatic rings. The van der Waals surface area contributed by atoms with Crippen molar-refractivity contribution in [2.75, 3.05) is 0 Å². The fourth-order valence-electron chi connectivity index (χ4n) is 4.13. The maximum absolute atomic E-state index is 12.0. The monoisotopic (exact) mass is 394 g/mol. The van der Waals surface area contributed by atoms with Gasteiger partial charge in [0.2, 0.25) is 0 Å². The van der Waals surface area contributed by atoms with Crippen LogP contribution in [0, 0.1) is 5.41 Å². The van der Waals surface area contributed by atoms with Crippen LogP contribution >= 0.6 is 15.9 Å². The van der Waals surface area contributed by atoms with Gasteiger partial charge in [0.05, 0.1) is 11.7 Å². The first-order valence-corrected chi connectivity index (χ1v) is 9.04. The minimum absolute atomic E-state index is 0.201. The van der Waals surface area contributed by atoms with Gasteiger partial charge in [0.25, 0.3) is 0 Å². The predicted octanol–water partition coefficient (Wildman–Crippen LogP) is 3.92. The van der Waals surface area contributed by atoms with Crippen molar-refractivity contribution in [3.63, 3.8) is 0 Å². The highest BCUT2D eigenvalue weighted by atomic mass is 79.9. The highest BCUT2D eigenvalue weighted by molar-refractivity contribution is 9.11. The number of hydrogen-bond donors (Lipinski definition) is 1. The van der Waals surface area contributed by atoms with Crippen LogP contribution in [0.15, 0.2) is 46.2 Å². The molecule has 0 aromatic rings. The lowest BCUT2D eigenvalue weighted by Crippen LogP contribution is -2.46. The molecule has 3 atom stereocenters. The molecule has 1 saturated heterocycles. The van der Waals surface area contributed by atoms with Crippen LogP contribution in [-0.4, -0.2) is 28.4 Å². The molecule has 0 unspecified atom stereocenters. The Kier molecular flexibility index (Phi) is 4.18. The Bertz CT molecular complexity index is 700. The average molecular weight is 395 g/mol. The molecular weight excluding hydrogens is 372 g/mol. The van der Waals surface area contributed by atoms with Crippen LogP contribution in [0.5, 0.6) is 0 Å². The van der Waals surface area contributed by atoms with E-state index in [1.54, 1.807) is 23.2 Å². The number of hydrogen-bond acceptors (Lipinski definition) is 4. The molecule has 2 fully saturated rings. The van der Waals surface area contributed by atoms with Crippen molar-refractivity contribution in [3.05, 3.63) is 46.2 Å². The third-order valence-corrected chi connectivity index (χ3v) is 6.01. The quantitative estimate of drug-likeness (QED) is 0.582. The zero-order chi connectivity index (χ0) is 17.8. The molecule has 1 saturated carbocycles. The number of aliphatic hydroxyl groups excluding tert-OH is 1. The van der Waals surface area contributed by atoms with Gasteiger partial charge in [-0.25, -0.2) is 4.79 Å². The molecule has 2 heterocycles. The van der Waals surface area contributed by atoms with Gasteiger partial charge >= 0.3 is 5.97 Å². The van der Waals surface area contributed by atoms with Crippen LogP contribution in [0.25, 0.3) is 0 Å². The second-order valence-electron chi connectivity index (χ2n) is 7.74. The maximum atomic E-state index is 12.0. The Morgan fingerprint density at radius 1 is 1.38 bits per heavy atom. The van der Waals surface area contributed by atoms with Gasteiger partial charge in [0, 0.05) is 11.8 Å². The lowest BCUT2D eigenvalue weighted by Gasteiger charge is -2.39. The summed E-state index contributed by atoms with van der Waals surface area (Å²) in [5, 5.41) is 10.1. The summed E-state index contributed by atoms with van der Waals surface area (Å²) in [4.78, 5) is 13.8. The topological polar surface area (TPSA) is 59.1 Å². The number of esters is 1. The molecule has 0 bridgehead atoms. The van der Waals surface area contributed by atoms with Crippen molar-refractivity contribution in [3.8, 4) is 0 Å². The number of fused-ring (bicyclic) bond motifs is 1. The summed E-state index contributed by atoms with van der Waals surface area (Å²) in [7, 11) is 0. The zero-order valence-electron chi connectivity index (χ0n) is 14.4. The SMILES string of the molecule is CC(/C=C1C=C(/C=C/[C@@]23O[C@]2(C)C[C@@H](O)CC3(C)C)C(=O)O/1)=C\Br. The molecule has 0 spiro atoms. The summed E-state index contributed by atoms with van der Waals surface area (Å²) in [5.74, 6) is 0.176. The van der Waals surface area contributed by atoms with Crippen LogP contribution in [0.4, 0.5) is 0 Å². The number of allylic oxidation sites excluding steroid dienone is 3. The van der Waals surface area contributed by atoms with Crippen LogP contribution in [-0.2, 0) is 14.3 Å². The highest BCUT2D eigenvalue weighted by Crippen LogP contribution is 2.66. The number of carbonyl (C=O) groups excluding carboxylic acids is 1. The predicted molar refractivity (Wildman–Crippen MR) is 95.3 cm³/mol. The van der Waals surface area contributed by atoms with Crippen molar-refractivity contribution in [1.29, 1.82) is 0 Å². The van der Waals surface area contributed by atoms with Crippen LogP contribution in [0.1, 0.15) is 40.5 Å². The van der Waals surface area contributed by atoms with E-state index < -0.39 is 5.60 Å². The number of carbonyl (C=O) groups is 1. The van der Waals surface area contributed by atoms with Gasteiger partial charge < -0.3 is 14.6 Å². The van der Waals surface area contributed by atoms with E-state index in [2.05, 4.69) is 29.8 Å². The molecule has 4 nitrogen and oxygen atoms in total. The number of ether oxygens (including phenoxy) is 2. The normalized spacial score (nSPS) is 39.8. The lowest BCUT2D eigenvalue weighted by atomic mass is 9.63. The van der Waals surface area contributed by atoms with E-state index in [0.29, 0.717) is 24.2 Å². The van der Waals surface area contributed by atoms with Crippen molar-refractivity contribution in [1.82, 2.24) is 0 Å². The third kappa shape index (κ3) is 2.72. The summed E-state index contributed by atoms with van der Waals surface area (Å²) in [6.07, 6.45) is 8.24. The molecule has 24 heavy (non-hydrogen) atoms. The fourth-order valence-corrected chi connectivity index (χ4v) is 4.27. The third-order valence-electron chi connectivity index (χ3n) is 5.29. The Hall–Kier alpha value is -1.17.